The third-order valence-corrected chi connectivity index (χ3v) is 5.21. The molecular formula is C19H26N4O3S. The number of carbonyl (C=O) groups is 1. The van der Waals surface area contributed by atoms with Crippen LogP contribution < -0.4 is 5.32 Å². The molecule has 0 spiro atoms. The molecule has 1 amide bonds. The molecule has 0 saturated carbocycles. The molecule has 1 unspecified atom stereocenters. The Morgan fingerprint density at radius 1 is 1.33 bits per heavy atom. The van der Waals surface area contributed by atoms with E-state index in [1.165, 1.54) is 17.8 Å². The van der Waals surface area contributed by atoms with Gasteiger partial charge in [-0.25, -0.2) is 14.8 Å². The van der Waals surface area contributed by atoms with E-state index in [0.29, 0.717) is 11.0 Å². The van der Waals surface area contributed by atoms with E-state index in [4.69, 9.17) is 9.25 Å². The summed E-state index contributed by atoms with van der Waals surface area (Å²) in [7, 11) is 0. The van der Waals surface area contributed by atoms with Crippen LogP contribution in [-0.4, -0.2) is 33.7 Å². The first kappa shape index (κ1) is 19.6. The molecule has 1 atom stereocenters. The zero-order valence-corrected chi connectivity index (χ0v) is 17.0. The molecule has 2 aromatic heterocycles. The zero-order valence-electron chi connectivity index (χ0n) is 16.2. The highest BCUT2D eigenvalue weighted by Gasteiger charge is 2.22. The van der Waals surface area contributed by atoms with Gasteiger partial charge in [0, 0.05) is 35.2 Å². The lowest BCUT2D eigenvalue weighted by Gasteiger charge is -2.30. The van der Waals surface area contributed by atoms with E-state index in [2.05, 4.69) is 43.0 Å². The normalized spacial score (nSPS) is 18.7. The average molecular weight is 391 g/mol. The number of nitrogens with zero attached hydrogens (tertiary/aromatic N) is 3. The molecule has 0 radical (unpaired) electrons. The molecule has 3 rings (SSSR count). The molecule has 7 nitrogen and oxygen atoms in total. The summed E-state index contributed by atoms with van der Waals surface area (Å²) in [5, 5.41) is 4.92. The quantitative estimate of drug-likeness (QED) is 0.797. The van der Waals surface area contributed by atoms with Crippen LogP contribution in [0.25, 0.3) is 12.2 Å². The molecule has 1 saturated heterocycles. The summed E-state index contributed by atoms with van der Waals surface area (Å²) in [5.74, 6) is 1.38. The fourth-order valence-electron chi connectivity index (χ4n) is 2.71. The summed E-state index contributed by atoms with van der Waals surface area (Å²) in [5.41, 5.74) is -0.0765. The lowest BCUT2D eigenvalue weighted by Crippen LogP contribution is -2.40. The van der Waals surface area contributed by atoms with Gasteiger partial charge in [-0.1, -0.05) is 38.5 Å². The number of aromatic nitrogens is 2. The van der Waals surface area contributed by atoms with E-state index >= 15 is 0 Å². The number of anilines is 1. The van der Waals surface area contributed by atoms with Gasteiger partial charge in [0.15, 0.2) is 5.13 Å². The van der Waals surface area contributed by atoms with E-state index in [-0.39, 0.29) is 11.5 Å². The average Bonchev–Trinajstić information content (AvgIpc) is 3.24. The second-order valence-electron chi connectivity index (χ2n) is 7.70. The van der Waals surface area contributed by atoms with Crippen molar-refractivity contribution in [2.24, 2.45) is 0 Å². The van der Waals surface area contributed by atoms with Crippen LogP contribution in [0.3, 0.4) is 0 Å². The Labute approximate surface area is 163 Å². The SMILES string of the molecule is CC1CCCCN1OC(=O)Nc1ncc(/C=C/c2ncc(C(C)(C)C)o2)s1. The molecule has 0 aliphatic carbocycles. The highest BCUT2D eigenvalue weighted by molar-refractivity contribution is 7.16. The molecule has 8 heteroatoms. The summed E-state index contributed by atoms with van der Waals surface area (Å²) in [6, 6.07) is 0.248. The Morgan fingerprint density at radius 3 is 2.85 bits per heavy atom. The summed E-state index contributed by atoms with van der Waals surface area (Å²) in [6.45, 7) is 9.06. The third-order valence-electron chi connectivity index (χ3n) is 4.33. The van der Waals surface area contributed by atoms with Gasteiger partial charge in [0.1, 0.15) is 5.76 Å². The van der Waals surface area contributed by atoms with E-state index in [9.17, 15) is 4.79 Å². The number of oxazole rings is 1. The number of hydrogen-bond donors (Lipinski definition) is 1. The Balaban J connectivity index is 1.55. The van der Waals surface area contributed by atoms with Crippen LogP contribution in [0.15, 0.2) is 16.8 Å². The standard InChI is InChI=1S/C19H26N4O3S/c1-13-7-5-6-10-23(13)26-18(24)22-17-21-11-14(27-17)8-9-16-20-12-15(25-16)19(2,3)4/h8-9,11-13H,5-7,10H2,1-4H3,(H,21,22,24)/b9-8+. The summed E-state index contributed by atoms with van der Waals surface area (Å²) in [6.07, 6.45) is 9.84. The number of thiazole rings is 1. The molecule has 1 aliphatic heterocycles. The molecule has 1 N–H and O–H groups in total. The predicted molar refractivity (Wildman–Crippen MR) is 106 cm³/mol. The van der Waals surface area contributed by atoms with Gasteiger partial charge in [0.05, 0.1) is 6.20 Å². The van der Waals surface area contributed by atoms with Crippen LogP contribution >= 0.6 is 11.3 Å². The lowest BCUT2D eigenvalue weighted by atomic mass is 9.94. The Morgan fingerprint density at radius 2 is 2.15 bits per heavy atom. The van der Waals surface area contributed by atoms with Crippen LogP contribution in [0.5, 0.6) is 0 Å². The van der Waals surface area contributed by atoms with Crippen LogP contribution in [0.2, 0.25) is 0 Å². The van der Waals surface area contributed by atoms with Gasteiger partial charge in [0.25, 0.3) is 0 Å². The molecule has 0 aromatic carbocycles. The van der Waals surface area contributed by atoms with Crippen molar-refractivity contribution in [3.8, 4) is 0 Å². The van der Waals surface area contributed by atoms with Crippen molar-refractivity contribution >= 4 is 34.7 Å². The Kier molecular flexibility index (Phi) is 5.96. The largest absolute Gasteiger partial charge is 0.441 e. The van der Waals surface area contributed by atoms with Gasteiger partial charge >= 0.3 is 6.09 Å². The summed E-state index contributed by atoms with van der Waals surface area (Å²) < 4.78 is 5.73. The Bertz CT molecular complexity index is 806. The fourth-order valence-corrected chi connectivity index (χ4v) is 3.41. The molecule has 1 aliphatic rings. The minimum absolute atomic E-state index is 0.0765. The molecule has 27 heavy (non-hydrogen) atoms. The van der Waals surface area contributed by atoms with Crippen molar-refractivity contribution in [1.82, 2.24) is 15.0 Å². The molecule has 2 aromatic rings. The van der Waals surface area contributed by atoms with Crippen molar-refractivity contribution in [2.75, 3.05) is 11.9 Å². The van der Waals surface area contributed by atoms with Gasteiger partial charge in [-0.05, 0) is 25.8 Å². The van der Waals surface area contributed by atoms with E-state index < -0.39 is 6.09 Å². The number of carbonyl (C=O) groups excluding carboxylic acids is 1. The van der Waals surface area contributed by atoms with E-state index in [1.54, 1.807) is 23.5 Å². The van der Waals surface area contributed by atoms with Crippen molar-refractivity contribution < 1.29 is 14.0 Å². The van der Waals surface area contributed by atoms with Crippen LogP contribution in [0.4, 0.5) is 9.93 Å². The molecule has 146 valence electrons. The summed E-state index contributed by atoms with van der Waals surface area (Å²) >= 11 is 1.36. The van der Waals surface area contributed by atoms with Crippen molar-refractivity contribution in [3.63, 3.8) is 0 Å². The Hall–Kier alpha value is -2.19. The minimum Gasteiger partial charge on any atom is -0.441 e. The van der Waals surface area contributed by atoms with Crippen LogP contribution in [0, 0.1) is 0 Å². The predicted octanol–water partition coefficient (Wildman–Crippen LogP) is 4.94. The van der Waals surface area contributed by atoms with Crippen molar-refractivity contribution in [3.05, 3.63) is 28.9 Å². The zero-order chi connectivity index (χ0) is 19.4. The van der Waals surface area contributed by atoms with Gasteiger partial charge < -0.3 is 9.25 Å². The number of hydroxylamine groups is 2. The van der Waals surface area contributed by atoms with Crippen molar-refractivity contribution in [2.45, 2.75) is 58.4 Å². The first-order chi connectivity index (χ1) is 12.8. The number of nitrogens with one attached hydrogen (secondary N) is 1. The smallest absolute Gasteiger partial charge is 0.432 e. The van der Waals surface area contributed by atoms with Gasteiger partial charge in [-0.15, -0.1) is 5.06 Å². The topological polar surface area (TPSA) is 80.5 Å². The molecular weight excluding hydrogens is 364 g/mol. The highest BCUT2D eigenvalue weighted by atomic mass is 32.1. The lowest BCUT2D eigenvalue weighted by molar-refractivity contribution is -0.135. The number of piperidine rings is 1. The number of hydrogen-bond acceptors (Lipinski definition) is 7. The second-order valence-corrected chi connectivity index (χ2v) is 8.77. The van der Waals surface area contributed by atoms with Crippen molar-refractivity contribution in [1.29, 1.82) is 0 Å². The first-order valence-corrected chi connectivity index (χ1v) is 9.99. The van der Waals surface area contributed by atoms with Crippen LogP contribution in [0.1, 0.15) is 63.5 Å². The van der Waals surface area contributed by atoms with E-state index in [1.807, 2.05) is 6.08 Å². The maximum Gasteiger partial charge on any atom is 0.432 e. The highest BCUT2D eigenvalue weighted by Crippen LogP contribution is 2.25. The maximum atomic E-state index is 12.1. The first-order valence-electron chi connectivity index (χ1n) is 9.17. The third kappa shape index (κ3) is 5.40. The van der Waals surface area contributed by atoms with E-state index in [0.717, 1.165) is 30.0 Å². The second kappa shape index (κ2) is 8.22. The molecule has 3 heterocycles. The van der Waals surface area contributed by atoms with Gasteiger partial charge in [-0.3, -0.25) is 5.32 Å². The molecule has 0 bridgehead atoms. The molecule has 1 fully saturated rings. The van der Waals surface area contributed by atoms with Gasteiger partial charge in [-0.2, -0.15) is 0 Å². The monoisotopic (exact) mass is 390 g/mol. The maximum absolute atomic E-state index is 12.1. The summed E-state index contributed by atoms with van der Waals surface area (Å²) in [4.78, 5) is 26.8. The fraction of sp³-hybridized carbons (Fsp3) is 0.526. The number of amides is 1. The van der Waals surface area contributed by atoms with Crippen LogP contribution in [-0.2, 0) is 10.3 Å². The minimum atomic E-state index is -0.504. The number of rotatable bonds is 4. The van der Waals surface area contributed by atoms with Gasteiger partial charge in [0.2, 0.25) is 5.89 Å².